The minimum absolute atomic E-state index is 0.0260. The van der Waals surface area contributed by atoms with Crippen molar-refractivity contribution in [2.75, 3.05) is 25.0 Å². The number of carbonyl (C=O) groups is 3. The van der Waals surface area contributed by atoms with Crippen molar-refractivity contribution >= 4 is 23.4 Å². The van der Waals surface area contributed by atoms with Gasteiger partial charge in [-0.15, -0.1) is 0 Å². The van der Waals surface area contributed by atoms with Gasteiger partial charge in [-0.3, -0.25) is 14.4 Å². The zero-order valence-corrected chi connectivity index (χ0v) is 14.2. The topological polar surface area (TPSA) is 102 Å². The van der Waals surface area contributed by atoms with Crippen molar-refractivity contribution in [2.24, 2.45) is 5.92 Å². The molecule has 1 aromatic rings. The van der Waals surface area contributed by atoms with E-state index >= 15 is 0 Å². The van der Waals surface area contributed by atoms with E-state index in [1.807, 2.05) is 6.07 Å². The fraction of sp³-hybridized carbons (Fsp3) is 0.444. The predicted octanol–water partition coefficient (Wildman–Crippen LogP) is 1.53. The van der Waals surface area contributed by atoms with E-state index in [-0.39, 0.29) is 36.6 Å². The van der Waals surface area contributed by atoms with E-state index in [0.717, 1.165) is 12.8 Å². The van der Waals surface area contributed by atoms with Crippen LogP contribution in [-0.4, -0.2) is 42.3 Å². The molecule has 1 aliphatic heterocycles. The smallest absolute Gasteiger partial charge is 0.252 e. The van der Waals surface area contributed by atoms with Crippen LogP contribution in [0.3, 0.4) is 0 Å². The fourth-order valence-electron chi connectivity index (χ4n) is 2.68. The molecule has 3 amide bonds. The summed E-state index contributed by atoms with van der Waals surface area (Å²) in [4.78, 5) is 37.7. The first kappa shape index (κ1) is 18.5. The van der Waals surface area contributed by atoms with E-state index < -0.39 is 0 Å². The van der Waals surface area contributed by atoms with Gasteiger partial charge < -0.3 is 15.5 Å². The lowest BCUT2D eigenvalue weighted by Crippen LogP contribution is -2.29. The largest absolute Gasteiger partial charge is 0.342 e. The van der Waals surface area contributed by atoms with Crippen molar-refractivity contribution < 1.29 is 14.4 Å². The summed E-state index contributed by atoms with van der Waals surface area (Å²) in [6.07, 6.45) is 2.19. The SMILES string of the molecule is CCCCN1CC(C(=O)Nc2ccc(C(=O)NCC#N)cc2)CC1=O. The van der Waals surface area contributed by atoms with Crippen molar-refractivity contribution in [1.82, 2.24) is 10.2 Å². The number of anilines is 1. The van der Waals surface area contributed by atoms with Crippen LogP contribution in [-0.2, 0) is 9.59 Å². The average Bonchev–Trinajstić information content (AvgIpc) is 2.99. The molecule has 25 heavy (non-hydrogen) atoms. The zero-order chi connectivity index (χ0) is 18.2. The molecule has 1 unspecified atom stereocenters. The monoisotopic (exact) mass is 342 g/mol. The molecule has 1 saturated heterocycles. The number of likely N-dealkylation sites (tertiary alicyclic amines) is 1. The van der Waals surface area contributed by atoms with Gasteiger partial charge in [0.15, 0.2) is 0 Å². The molecule has 0 aliphatic carbocycles. The number of rotatable bonds is 7. The maximum absolute atomic E-state index is 12.3. The summed E-state index contributed by atoms with van der Waals surface area (Å²) in [6, 6.07) is 8.25. The van der Waals surface area contributed by atoms with Gasteiger partial charge in [-0.1, -0.05) is 13.3 Å². The van der Waals surface area contributed by atoms with Gasteiger partial charge in [0.05, 0.1) is 12.0 Å². The van der Waals surface area contributed by atoms with Gasteiger partial charge in [0.25, 0.3) is 5.91 Å². The molecule has 7 heteroatoms. The lowest BCUT2D eigenvalue weighted by atomic mass is 10.1. The van der Waals surface area contributed by atoms with E-state index in [1.54, 1.807) is 29.2 Å². The lowest BCUT2D eigenvalue weighted by Gasteiger charge is -2.16. The highest BCUT2D eigenvalue weighted by molar-refractivity contribution is 5.98. The number of benzene rings is 1. The molecule has 1 heterocycles. The standard InChI is InChI=1S/C18H22N4O3/c1-2-3-10-22-12-14(11-16(22)23)18(25)21-15-6-4-13(5-7-15)17(24)20-9-8-19/h4-7,14H,2-3,9-12H2,1H3,(H,20,24)(H,21,25). The summed E-state index contributed by atoms with van der Waals surface area (Å²) in [5.74, 6) is -0.845. The van der Waals surface area contributed by atoms with Crippen molar-refractivity contribution in [3.8, 4) is 6.07 Å². The Bertz CT molecular complexity index is 679. The summed E-state index contributed by atoms with van der Waals surface area (Å²) in [6.45, 7) is 3.17. The summed E-state index contributed by atoms with van der Waals surface area (Å²) >= 11 is 0. The molecule has 1 fully saturated rings. The first-order valence-corrected chi connectivity index (χ1v) is 8.39. The molecule has 2 N–H and O–H groups in total. The molecule has 0 aromatic heterocycles. The third-order valence-corrected chi connectivity index (χ3v) is 4.11. The molecule has 0 spiro atoms. The number of hydrogen-bond acceptors (Lipinski definition) is 4. The van der Waals surface area contributed by atoms with Gasteiger partial charge in [0.1, 0.15) is 6.54 Å². The van der Waals surface area contributed by atoms with Gasteiger partial charge in [0.2, 0.25) is 11.8 Å². The Morgan fingerprint density at radius 2 is 2.04 bits per heavy atom. The highest BCUT2D eigenvalue weighted by Crippen LogP contribution is 2.20. The molecule has 0 radical (unpaired) electrons. The number of nitriles is 1. The number of nitrogens with one attached hydrogen (secondary N) is 2. The third kappa shape index (κ3) is 5.05. The van der Waals surface area contributed by atoms with E-state index in [4.69, 9.17) is 5.26 Å². The van der Waals surface area contributed by atoms with Crippen LogP contribution in [0.4, 0.5) is 5.69 Å². The van der Waals surface area contributed by atoms with E-state index in [2.05, 4.69) is 17.6 Å². The number of hydrogen-bond donors (Lipinski definition) is 2. The van der Waals surface area contributed by atoms with Crippen LogP contribution in [0.1, 0.15) is 36.5 Å². The third-order valence-electron chi connectivity index (χ3n) is 4.11. The van der Waals surface area contributed by atoms with Crippen LogP contribution in [0, 0.1) is 17.2 Å². The Morgan fingerprint density at radius 1 is 1.32 bits per heavy atom. The summed E-state index contributed by atoms with van der Waals surface area (Å²) in [5, 5.41) is 13.7. The quantitative estimate of drug-likeness (QED) is 0.734. The minimum atomic E-state index is -0.344. The van der Waals surface area contributed by atoms with Gasteiger partial charge >= 0.3 is 0 Å². The second-order valence-electron chi connectivity index (χ2n) is 6.00. The number of carbonyl (C=O) groups excluding carboxylic acids is 3. The Balaban J connectivity index is 1.89. The van der Waals surface area contributed by atoms with Gasteiger partial charge in [-0.2, -0.15) is 5.26 Å². The Morgan fingerprint density at radius 3 is 2.68 bits per heavy atom. The highest BCUT2D eigenvalue weighted by atomic mass is 16.2. The second kappa shape index (κ2) is 8.83. The molecule has 1 atom stereocenters. The second-order valence-corrected chi connectivity index (χ2v) is 6.00. The van der Waals surface area contributed by atoms with Crippen molar-refractivity contribution in [3.63, 3.8) is 0 Å². The molecule has 7 nitrogen and oxygen atoms in total. The molecular weight excluding hydrogens is 320 g/mol. The molecular formula is C18H22N4O3. The number of nitrogens with zero attached hydrogens (tertiary/aromatic N) is 2. The van der Waals surface area contributed by atoms with Crippen LogP contribution < -0.4 is 10.6 Å². The van der Waals surface area contributed by atoms with Crippen LogP contribution in [0.2, 0.25) is 0 Å². The maximum atomic E-state index is 12.3. The minimum Gasteiger partial charge on any atom is -0.342 e. The molecule has 1 aromatic carbocycles. The van der Waals surface area contributed by atoms with Crippen LogP contribution in [0.15, 0.2) is 24.3 Å². The van der Waals surface area contributed by atoms with E-state index in [9.17, 15) is 14.4 Å². The predicted molar refractivity (Wildman–Crippen MR) is 92.6 cm³/mol. The molecule has 0 saturated carbocycles. The maximum Gasteiger partial charge on any atom is 0.252 e. The Labute approximate surface area is 147 Å². The summed E-state index contributed by atoms with van der Waals surface area (Å²) in [5.41, 5.74) is 0.983. The van der Waals surface area contributed by atoms with Crippen molar-refractivity contribution in [2.45, 2.75) is 26.2 Å². The first-order valence-electron chi connectivity index (χ1n) is 8.39. The summed E-state index contributed by atoms with van der Waals surface area (Å²) in [7, 11) is 0. The van der Waals surface area contributed by atoms with Crippen LogP contribution in [0.25, 0.3) is 0 Å². The Hall–Kier alpha value is -2.88. The van der Waals surface area contributed by atoms with E-state index in [0.29, 0.717) is 24.3 Å². The highest BCUT2D eigenvalue weighted by Gasteiger charge is 2.33. The molecule has 2 rings (SSSR count). The average molecular weight is 342 g/mol. The molecule has 1 aliphatic rings. The summed E-state index contributed by atoms with van der Waals surface area (Å²) < 4.78 is 0. The first-order chi connectivity index (χ1) is 12.0. The van der Waals surface area contributed by atoms with Crippen molar-refractivity contribution in [1.29, 1.82) is 5.26 Å². The van der Waals surface area contributed by atoms with Gasteiger partial charge in [-0.25, -0.2) is 0 Å². The fourth-order valence-corrected chi connectivity index (χ4v) is 2.68. The normalized spacial score (nSPS) is 16.4. The molecule has 0 bridgehead atoms. The van der Waals surface area contributed by atoms with Crippen LogP contribution >= 0.6 is 0 Å². The van der Waals surface area contributed by atoms with Gasteiger partial charge in [-0.05, 0) is 30.7 Å². The lowest BCUT2D eigenvalue weighted by molar-refractivity contribution is -0.128. The number of unbranched alkanes of at least 4 members (excludes halogenated alkanes) is 1. The number of amides is 3. The van der Waals surface area contributed by atoms with Gasteiger partial charge in [0, 0.05) is 30.8 Å². The van der Waals surface area contributed by atoms with Crippen LogP contribution in [0.5, 0.6) is 0 Å². The zero-order valence-electron chi connectivity index (χ0n) is 14.2. The molecule has 132 valence electrons. The Kier molecular flexibility index (Phi) is 6.52. The van der Waals surface area contributed by atoms with E-state index in [1.165, 1.54) is 0 Å². The van der Waals surface area contributed by atoms with Crippen molar-refractivity contribution in [3.05, 3.63) is 29.8 Å².